The summed E-state index contributed by atoms with van der Waals surface area (Å²) in [7, 11) is 0. The molecule has 14 unspecified atom stereocenters. The van der Waals surface area contributed by atoms with Crippen molar-refractivity contribution >= 4 is 6.08 Å². The van der Waals surface area contributed by atoms with Gasteiger partial charge in [0, 0.05) is 5.92 Å². The number of benzene rings is 2. The predicted molar refractivity (Wildman–Crippen MR) is 170 cm³/mol. The monoisotopic (exact) mass is 708 g/mol. The van der Waals surface area contributed by atoms with Crippen LogP contribution in [0.25, 0.3) is 6.08 Å². The Morgan fingerprint density at radius 3 is 1.80 bits per heavy atom. The molecular formula is C34H44O16. The van der Waals surface area contributed by atoms with Gasteiger partial charge >= 0.3 is 0 Å². The Labute approximate surface area is 287 Å². The molecule has 0 amide bonds. The van der Waals surface area contributed by atoms with E-state index in [4.69, 9.17) is 28.4 Å². The Morgan fingerprint density at radius 2 is 1.28 bits per heavy atom. The minimum atomic E-state index is -1.91. The molecule has 3 aliphatic rings. The Balaban J connectivity index is 1.15. The van der Waals surface area contributed by atoms with Crippen molar-refractivity contribution in [3.63, 3.8) is 0 Å². The van der Waals surface area contributed by atoms with Crippen LogP contribution in [0.1, 0.15) is 17.0 Å². The van der Waals surface area contributed by atoms with Crippen LogP contribution in [0.5, 0.6) is 11.5 Å². The van der Waals surface area contributed by atoms with Gasteiger partial charge in [-0.15, -0.1) is 6.58 Å². The van der Waals surface area contributed by atoms with Gasteiger partial charge in [0.25, 0.3) is 0 Å². The highest BCUT2D eigenvalue weighted by molar-refractivity contribution is 5.53. The summed E-state index contributed by atoms with van der Waals surface area (Å²) in [6.45, 7) is 1.79. The molecule has 3 saturated heterocycles. The number of hydrogen-bond donors (Lipinski definition) is 10. The molecule has 0 saturated carbocycles. The smallest absolute Gasteiger partial charge is 0.229 e. The zero-order valence-corrected chi connectivity index (χ0v) is 26.8. The zero-order chi connectivity index (χ0) is 36.2. The topological polar surface area (TPSA) is 258 Å². The van der Waals surface area contributed by atoms with Crippen LogP contribution in [0.15, 0.2) is 67.3 Å². The second-order valence-electron chi connectivity index (χ2n) is 12.4. The summed E-state index contributed by atoms with van der Waals surface area (Å²) in [5.74, 6) is 0.388. The molecule has 3 fully saturated rings. The van der Waals surface area contributed by atoms with Crippen molar-refractivity contribution in [1.29, 1.82) is 0 Å². The first kappa shape index (κ1) is 38.2. The number of aliphatic hydroxyl groups excluding tert-OH is 9. The largest absolute Gasteiger partial charge is 0.462 e. The lowest BCUT2D eigenvalue weighted by Crippen LogP contribution is -2.60. The number of allylic oxidation sites excluding steroid dienone is 2. The van der Waals surface area contributed by atoms with E-state index in [0.29, 0.717) is 5.75 Å². The van der Waals surface area contributed by atoms with Crippen molar-refractivity contribution in [1.82, 2.24) is 0 Å². The minimum Gasteiger partial charge on any atom is -0.462 e. The highest BCUT2D eigenvalue weighted by Gasteiger charge is 2.50. The Hall–Kier alpha value is -3.04. The summed E-state index contributed by atoms with van der Waals surface area (Å²) in [5, 5.41) is 101. The fraction of sp³-hybridized carbons (Fsp3) is 0.529. The SMILES string of the molecule is C=CC(C=Cc1ccc(OC2OC(CO)C(O)C(O)C2O)cc1)c1ccc(OC2OC(COC3OCC(O)(CO)C3O)C(O)C(O)C2O)cc1. The Morgan fingerprint density at radius 1 is 0.740 bits per heavy atom. The van der Waals surface area contributed by atoms with Gasteiger partial charge in [-0.2, -0.15) is 0 Å². The second-order valence-corrected chi connectivity index (χ2v) is 12.4. The first-order valence-electron chi connectivity index (χ1n) is 16.0. The van der Waals surface area contributed by atoms with Gasteiger partial charge < -0.3 is 79.5 Å². The molecule has 0 bridgehead atoms. The summed E-state index contributed by atoms with van der Waals surface area (Å²) >= 11 is 0. The van der Waals surface area contributed by atoms with Gasteiger partial charge in [-0.05, 0) is 35.4 Å². The van der Waals surface area contributed by atoms with Gasteiger partial charge in [-0.25, -0.2) is 0 Å². The summed E-state index contributed by atoms with van der Waals surface area (Å²) in [6.07, 6.45) is -11.8. The first-order chi connectivity index (χ1) is 23.9. The van der Waals surface area contributed by atoms with E-state index in [2.05, 4.69) is 6.58 Å². The van der Waals surface area contributed by atoms with Gasteiger partial charge in [-0.1, -0.05) is 42.5 Å². The van der Waals surface area contributed by atoms with E-state index in [1.165, 1.54) is 0 Å². The number of rotatable bonds is 13. The fourth-order valence-corrected chi connectivity index (χ4v) is 5.68. The van der Waals surface area contributed by atoms with Crippen LogP contribution >= 0.6 is 0 Å². The van der Waals surface area contributed by atoms with Gasteiger partial charge in [0.1, 0.15) is 72.0 Å². The van der Waals surface area contributed by atoms with E-state index in [1.807, 2.05) is 12.2 Å². The lowest BCUT2D eigenvalue weighted by Gasteiger charge is -2.40. The molecule has 16 heteroatoms. The van der Waals surface area contributed by atoms with E-state index in [1.54, 1.807) is 54.6 Å². The van der Waals surface area contributed by atoms with E-state index in [9.17, 15) is 51.1 Å². The third-order valence-electron chi connectivity index (χ3n) is 8.92. The molecule has 0 aliphatic carbocycles. The van der Waals surface area contributed by atoms with E-state index >= 15 is 0 Å². The number of aliphatic hydroxyl groups is 10. The van der Waals surface area contributed by atoms with Crippen molar-refractivity contribution in [3.8, 4) is 11.5 Å². The molecule has 3 aliphatic heterocycles. The second kappa shape index (κ2) is 16.5. The van der Waals surface area contributed by atoms with Crippen LogP contribution in [0.4, 0.5) is 0 Å². The highest BCUT2D eigenvalue weighted by atomic mass is 16.7. The van der Waals surface area contributed by atoms with E-state index < -0.39 is 99.2 Å². The average molecular weight is 709 g/mol. The Bertz CT molecular complexity index is 1400. The van der Waals surface area contributed by atoms with Crippen LogP contribution in [0.3, 0.4) is 0 Å². The third-order valence-corrected chi connectivity index (χ3v) is 8.92. The molecule has 2 aromatic carbocycles. The quantitative estimate of drug-likeness (QED) is 0.0965. The van der Waals surface area contributed by atoms with Gasteiger partial charge in [0.15, 0.2) is 6.29 Å². The molecule has 0 radical (unpaired) electrons. The van der Waals surface area contributed by atoms with Crippen LogP contribution in [0, 0.1) is 0 Å². The summed E-state index contributed by atoms with van der Waals surface area (Å²) in [6, 6.07) is 13.6. The first-order valence-corrected chi connectivity index (χ1v) is 16.0. The molecule has 0 aromatic heterocycles. The third kappa shape index (κ3) is 8.36. The maximum Gasteiger partial charge on any atom is 0.229 e. The lowest BCUT2D eigenvalue weighted by atomic mass is 9.97. The average Bonchev–Trinajstić information content (AvgIpc) is 3.42. The predicted octanol–water partition coefficient (Wildman–Crippen LogP) is -2.51. The van der Waals surface area contributed by atoms with Crippen molar-refractivity contribution in [2.45, 2.75) is 85.3 Å². The van der Waals surface area contributed by atoms with Crippen molar-refractivity contribution in [3.05, 3.63) is 78.4 Å². The van der Waals surface area contributed by atoms with Crippen molar-refractivity contribution in [2.75, 3.05) is 26.4 Å². The molecule has 0 spiro atoms. The normalized spacial score (nSPS) is 38.2. The number of ether oxygens (including phenoxy) is 6. The molecule has 16 nitrogen and oxygen atoms in total. The molecule has 14 atom stereocenters. The van der Waals surface area contributed by atoms with Crippen LogP contribution < -0.4 is 9.47 Å². The zero-order valence-electron chi connectivity index (χ0n) is 26.8. The van der Waals surface area contributed by atoms with Crippen molar-refractivity contribution in [2.24, 2.45) is 0 Å². The molecule has 2 aromatic rings. The Kier molecular flexibility index (Phi) is 12.6. The molecule has 3 heterocycles. The van der Waals surface area contributed by atoms with Gasteiger partial charge in [0.2, 0.25) is 12.6 Å². The van der Waals surface area contributed by atoms with Crippen LogP contribution in [-0.4, -0.2) is 157 Å². The lowest BCUT2D eigenvalue weighted by molar-refractivity contribution is -0.289. The number of hydrogen-bond acceptors (Lipinski definition) is 16. The molecule has 5 rings (SSSR count). The summed E-state index contributed by atoms with van der Waals surface area (Å²) in [5.41, 5.74) is -0.261. The van der Waals surface area contributed by atoms with Crippen LogP contribution in [0.2, 0.25) is 0 Å². The molecule has 276 valence electrons. The van der Waals surface area contributed by atoms with E-state index in [-0.39, 0.29) is 18.3 Å². The highest BCUT2D eigenvalue weighted by Crippen LogP contribution is 2.30. The van der Waals surface area contributed by atoms with Gasteiger partial charge in [-0.3, -0.25) is 0 Å². The standard InChI is InChI=1S/C34H44O16/c1-2-18(6-3-17-4-9-20(10-5-17)47-31-28(41)26(39)24(37)22(13-35)49-31)19-7-11-21(12-8-19)48-32-29(42)27(40)25(38)23(50-32)14-45-33-30(43)34(44,15-36)16-46-33/h2-12,18,22-33,35-44H,1,13-16H2. The van der Waals surface area contributed by atoms with Crippen molar-refractivity contribution < 1.29 is 79.5 Å². The van der Waals surface area contributed by atoms with E-state index in [0.717, 1.165) is 11.1 Å². The van der Waals surface area contributed by atoms with Crippen LogP contribution in [-0.2, 0) is 18.9 Å². The summed E-state index contributed by atoms with van der Waals surface area (Å²) < 4.78 is 33.1. The molecule has 50 heavy (non-hydrogen) atoms. The molecule has 10 N–H and O–H groups in total. The minimum absolute atomic E-state index is 0.222. The maximum atomic E-state index is 10.5. The summed E-state index contributed by atoms with van der Waals surface area (Å²) in [4.78, 5) is 0. The molecular weight excluding hydrogens is 664 g/mol. The van der Waals surface area contributed by atoms with Gasteiger partial charge in [0.05, 0.1) is 26.4 Å². The fourth-order valence-electron chi connectivity index (χ4n) is 5.68. The maximum absolute atomic E-state index is 10.5.